The monoisotopic (exact) mass is 322 g/mol. The number of fused-ring (bicyclic) bond motifs is 1. The fourth-order valence-electron chi connectivity index (χ4n) is 2.52. The molecule has 0 aliphatic carbocycles. The van der Waals surface area contributed by atoms with Crippen LogP contribution in [0.5, 0.6) is 0 Å². The lowest BCUT2D eigenvalue weighted by Crippen LogP contribution is -2.42. The molecule has 1 heterocycles. The van der Waals surface area contributed by atoms with Crippen molar-refractivity contribution in [1.29, 1.82) is 0 Å². The number of amides is 1. The molecule has 6 heteroatoms. The summed E-state index contributed by atoms with van der Waals surface area (Å²) < 4.78 is 0. The molecule has 5 nitrogen and oxygen atoms in total. The smallest absolute Gasteiger partial charge is 0.323 e. The van der Waals surface area contributed by atoms with Crippen LogP contribution in [-0.2, 0) is 16.0 Å². The second kappa shape index (κ2) is 7.65. The maximum Gasteiger partial charge on any atom is 0.323 e. The van der Waals surface area contributed by atoms with Gasteiger partial charge in [0.2, 0.25) is 5.91 Å². The standard InChI is InChI=1S/C16H22N2O3S/c1-17(2)8-9-18(11-14(19)20)16(21)15-13-6-4-3-5-12(13)7-10-22-15/h3-6,15H,7-11H2,1-2H3,(H,19,20). The van der Waals surface area contributed by atoms with Crippen LogP contribution in [0.1, 0.15) is 16.4 Å². The first-order valence-electron chi connectivity index (χ1n) is 7.33. The second-order valence-electron chi connectivity index (χ2n) is 5.66. The zero-order chi connectivity index (χ0) is 16.1. The van der Waals surface area contributed by atoms with Gasteiger partial charge < -0.3 is 14.9 Å². The van der Waals surface area contributed by atoms with Crippen LogP contribution in [0.25, 0.3) is 0 Å². The SMILES string of the molecule is CN(C)CCN(CC(=O)O)C(=O)C1SCCc2ccccc21. The highest BCUT2D eigenvalue weighted by Crippen LogP contribution is 2.37. The number of carbonyl (C=O) groups is 2. The van der Waals surface area contributed by atoms with E-state index < -0.39 is 5.97 Å². The minimum Gasteiger partial charge on any atom is -0.480 e. The van der Waals surface area contributed by atoms with Gasteiger partial charge in [-0.05, 0) is 37.4 Å². The van der Waals surface area contributed by atoms with Crippen LogP contribution in [0.3, 0.4) is 0 Å². The Bertz CT molecular complexity index is 548. The van der Waals surface area contributed by atoms with E-state index in [1.807, 2.05) is 37.2 Å². The molecule has 0 radical (unpaired) electrons. The third-order valence-corrected chi connectivity index (χ3v) is 4.90. The zero-order valence-electron chi connectivity index (χ0n) is 13.0. The highest BCUT2D eigenvalue weighted by molar-refractivity contribution is 8.00. The fourth-order valence-corrected chi connectivity index (χ4v) is 3.79. The Hall–Kier alpha value is -1.53. The first-order valence-corrected chi connectivity index (χ1v) is 8.38. The third-order valence-electron chi connectivity index (χ3n) is 3.67. The van der Waals surface area contributed by atoms with Crippen molar-refractivity contribution >= 4 is 23.6 Å². The zero-order valence-corrected chi connectivity index (χ0v) is 13.8. The van der Waals surface area contributed by atoms with E-state index in [0.29, 0.717) is 13.1 Å². The van der Waals surface area contributed by atoms with Gasteiger partial charge in [-0.3, -0.25) is 9.59 Å². The van der Waals surface area contributed by atoms with Crippen LogP contribution in [0.4, 0.5) is 0 Å². The Morgan fingerprint density at radius 3 is 2.68 bits per heavy atom. The van der Waals surface area contributed by atoms with Crippen LogP contribution < -0.4 is 0 Å². The summed E-state index contributed by atoms with van der Waals surface area (Å²) in [6.07, 6.45) is 0.960. The van der Waals surface area contributed by atoms with Gasteiger partial charge in [0.25, 0.3) is 0 Å². The van der Waals surface area contributed by atoms with Crippen molar-refractivity contribution in [2.45, 2.75) is 11.7 Å². The number of rotatable bonds is 6. The molecule has 1 aromatic carbocycles. The summed E-state index contributed by atoms with van der Waals surface area (Å²) in [7, 11) is 3.82. The summed E-state index contributed by atoms with van der Waals surface area (Å²) in [6.45, 7) is 0.835. The maximum absolute atomic E-state index is 12.8. The predicted octanol–water partition coefficient (Wildman–Crippen LogP) is 1.49. The molecule has 1 amide bonds. The fraction of sp³-hybridized carbons (Fsp3) is 0.500. The minimum atomic E-state index is -0.971. The molecule has 0 saturated carbocycles. The third kappa shape index (κ3) is 4.24. The lowest BCUT2D eigenvalue weighted by Gasteiger charge is -2.30. The number of carboxylic acids is 1. The molecule has 0 bridgehead atoms. The van der Waals surface area contributed by atoms with Gasteiger partial charge in [-0.2, -0.15) is 0 Å². The number of carboxylic acid groups (broad SMARTS) is 1. The molecule has 1 aliphatic heterocycles. The van der Waals surface area contributed by atoms with E-state index in [1.54, 1.807) is 11.8 Å². The van der Waals surface area contributed by atoms with E-state index in [0.717, 1.165) is 17.7 Å². The van der Waals surface area contributed by atoms with Gasteiger partial charge in [0.05, 0.1) is 0 Å². The quantitative estimate of drug-likeness (QED) is 0.860. The van der Waals surface area contributed by atoms with Gasteiger partial charge in [0.1, 0.15) is 11.8 Å². The number of aliphatic carboxylic acids is 1. The summed E-state index contributed by atoms with van der Waals surface area (Å²) >= 11 is 1.61. The van der Waals surface area contributed by atoms with Crippen molar-refractivity contribution in [3.8, 4) is 0 Å². The Balaban J connectivity index is 2.17. The first kappa shape index (κ1) is 16.8. The van der Waals surface area contributed by atoms with Crippen LogP contribution in [-0.4, -0.2) is 66.3 Å². The van der Waals surface area contributed by atoms with Crippen molar-refractivity contribution < 1.29 is 14.7 Å². The summed E-state index contributed by atoms with van der Waals surface area (Å²) in [6, 6.07) is 7.95. The van der Waals surface area contributed by atoms with Gasteiger partial charge in [-0.25, -0.2) is 0 Å². The highest BCUT2D eigenvalue weighted by Gasteiger charge is 2.31. The van der Waals surface area contributed by atoms with E-state index in [4.69, 9.17) is 5.11 Å². The molecule has 0 fully saturated rings. The highest BCUT2D eigenvalue weighted by atomic mass is 32.2. The van der Waals surface area contributed by atoms with Crippen LogP contribution in [0.2, 0.25) is 0 Å². The average Bonchev–Trinajstić information content (AvgIpc) is 2.49. The van der Waals surface area contributed by atoms with Gasteiger partial charge in [-0.15, -0.1) is 11.8 Å². The number of hydrogen-bond acceptors (Lipinski definition) is 4. The van der Waals surface area contributed by atoms with E-state index in [9.17, 15) is 9.59 Å². The van der Waals surface area contributed by atoms with E-state index in [2.05, 4.69) is 6.07 Å². The van der Waals surface area contributed by atoms with Crippen molar-refractivity contribution in [1.82, 2.24) is 9.80 Å². The lowest BCUT2D eigenvalue weighted by molar-refractivity contribution is -0.144. The number of thioether (sulfide) groups is 1. The molecule has 1 unspecified atom stereocenters. The summed E-state index contributed by atoms with van der Waals surface area (Å²) in [5, 5.41) is 8.79. The normalized spacial score (nSPS) is 17.1. The van der Waals surface area contributed by atoms with Crippen molar-refractivity contribution in [2.75, 3.05) is 39.5 Å². The van der Waals surface area contributed by atoms with Crippen LogP contribution >= 0.6 is 11.8 Å². The molecular weight excluding hydrogens is 300 g/mol. The Kier molecular flexibility index (Phi) is 5.85. The molecule has 0 saturated heterocycles. The lowest BCUT2D eigenvalue weighted by atomic mass is 10.0. The van der Waals surface area contributed by atoms with E-state index >= 15 is 0 Å². The molecule has 1 N–H and O–H groups in total. The van der Waals surface area contributed by atoms with Gasteiger partial charge in [0, 0.05) is 13.1 Å². The van der Waals surface area contributed by atoms with Crippen LogP contribution in [0.15, 0.2) is 24.3 Å². The van der Waals surface area contributed by atoms with Crippen molar-refractivity contribution in [3.63, 3.8) is 0 Å². The number of likely N-dealkylation sites (N-methyl/N-ethyl adjacent to an activating group) is 1. The van der Waals surface area contributed by atoms with E-state index in [-0.39, 0.29) is 17.7 Å². The number of nitrogens with zero attached hydrogens (tertiary/aromatic N) is 2. The summed E-state index contributed by atoms with van der Waals surface area (Å²) in [4.78, 5) is 27.3. The van der Waals surface area contributed by atoms with E-state index in [1.165, 1.54) is 10.5 Å². The average molecular weight is 322 g/mol. The number of carbonyl (C=O) groups excluding carboxylic acids is 1. The maximum atomic E-state index is 12.8. The largest absolute Gasteiger partial charge is 0.480 e. The molecule has 0 aromatic heterocycles. The molecule has 1 atom stereocenters. The summed E-state index contributed by atoms with van der Waals surface area (Å²) in [5.74, 6) is -0.176. The number of benzene rings is 1. The molecule has 2 rings (SSSR count). The predicted molar refractivity (Wildman–Crippen MR) is 88.1 cm³/mol. The minimum absolute atomic E-state index is 0.0959. The molecule has 120 valence electrons. The van der Waals surface area contributed by atoms with Crippen molar-refractivity contribution in [3.05, 3.63) is 35.4 Å². The van der Waals surface area contributed by atoms with Crippen molar-refractivity contribution in [2.24, 2.45) is 0 Å². The Morgan fingerprint density at radius 1 is 1.27 bits per heavy atom. The van der Waals surface area contributed by atoms with Crippen LogP contribution in [0, 0.1) is 0 Å². The van der Waals surface area contributed by atoms with Gasteiger partial charge in [-0.1, -0.05) is 24.3 Å². The topological polar surface area (TPSA) is 60.9 Å². The number of hydrogen-bond donors (Lipinski definition) is 1. The molecule has 1 aromatic rings. The van der Waals surface area contributed by atoms with Gasteiger partial charge in [0.15, 0.2) is 0 Å². The van der Waals surface area contributed by atoms with Gasteiger partial charge >= 0.3 is 5.97 Å². The first-order chi connectivity index (χ1) is 10.5. The molecule has 1 aliphatic rings. The molecular formula is C16H22N2O3S. The Morgan fingerprint density at radius 2 is 2.00 bits per heavy atom. The molecule has 22 heavy (non-hydrogen) atoms. The molecule has 0 spiro atoms. The number of aryl methyl sites for hydroxylation is 1. The Labute approximate surface area is 135 Å². The summed E-state index contributed by atoms with van der Waals surface area (Å²) in [5.41, 5.74) is 2.23. The second-order valence-corrected chi connectivity index (χ2v) is 6.87.